The summed E-state index contributed by atoms with van der Waals surface area (Å²) in [6.45, 7) is 1.64. The van der Waals surface area contributed by atoms with E-state index in [-0.39, 0.29) is 5.78 Å². The molecule has 3 rings (SSSR count). The van der Waals surface area contributed by atoms with Gasteiger partial charge in [-0.15, -0.1) is 0 Å². The van der Waals surface area contributed by atoms with E-state index in [1.165, 1.54) is 38.5 Å². The Kier molecular flexibility index (Phi) is 4.59. The van der Waals surface area contributed by atoms with Crippen LogP contribution in [0.1, 0.15) is 48.9 Å². The molecule has 1 aliphatic heterocycles. The van der Waals surface area contributed by atoms with Gasteiger partial charge in [-0.05, 0) is 50.3 Å². The zero-order valence-corrected chi connectivity index (χ0v) is 12.9. The summed E-state index contributed by atoms with van der Waals surface area (Å²) < 4.78 is 5.21. The van der Waals surface area contributed by atoms with Gasteiger partial charge in [0.05, 0.1) is 13.7 Å². The number of rotatable bonds is 5. The van der Waals surface area contributed by atoms with E-state index in [1.54, 1.807) is 7.11 Å². The monoisotopic (exact) mass is 287 g/mol. The lowest BCUT2D eigenvalue weighted by atomic mass is 9.95. The van der Waals surface area contributed by atoms with Gasteiger partial charge in [0.1, 0.15) is 5.75 Å². The molecular formula is C18H25NO2. The molecule has 0 radical (unpaired) electrons. The second kappa shape index (κ2) is 6.61. The molecule has 1 unspecified atom stereocenters. The second-order valence-electron chi connectivity index (χ2n) is 6.38. The Hall–Kier alpha value is -1.35. The maximum Gasteiger partial charge on any atom is 0.176 e. The number of ketones is 1. The second-order valence-corrected chi connectivity index (χ2v) is 6.38. The highest BCUT2D eigenvalue weighted by molar-refractivity contribution is 5.98. The number of methoxy groups -OCH3 is 1. The molecule has 0 aromatic heterocycles. The van der Waals surface area contributed by atoms with Crippen molar-refractivity contribution in [3.8, 4) is 5.75 Å². The van der Waals surface area contributed by atoms with Crippen molar-refractivity contribution >= 4 is 5.78 Å². The predicted molar refractivity (Wildman–Crippen MR) is 83.9 cm³/mol. The van der Waals surface area contributed by atoms with Crippen LogP contribution < -0.4 is 4.74 Å². The molecule has 1 saturated carbocycles. The summed E-state index contributed by atoms with van der Waals surface area (Å²) in [5.41, 5.74) is 0.770. The largest absolute Gasteiger partial charge is 0.497 e. The fourth-order valence-corrected chi connectivity index (χ4v) is 4.00. The molecule has 1 saturated heterocycles. The lowest BCUT2D eigenvalue weighted by Crippen LogP contribution is -2.38. The number of Topliss-reactive ketones (excluding diaryl/α,β-unsaturated/α-hetero) is 1. The fourth-order valence-electron chi connectivity index (χ4n) is 4.00. The van der Waals surface area contributed by atoms with Gasteiger partial charge in [-0.1, -0.05) is 25.0 Å². The van der Waals surface area contributed by atoms with Gasteiger partial charge in [-0.2, -0.15) is 0 Å². The minimum Gasteiger partial charge on any atom is -0.497 e. The van der Waals surface area contributed by atoms with Crippen LogP contribution in [0.25, 0.3) is 0 Å². The van der Waals surface area contributed by atoms with Crippen LogP contribution in [0.4, 0.5) is 0 Å². The molecule has 3 nitrogen and oxygen atoms in total. The molecular weight excluding hydrogens is 262 g/mol. The van der Waals surface area contributed by atoms with Gasteiger partial charge in [0, 0.05) is 11.6 Å². The van der Waals surface area contributed by atoms with Crippen LogP contribution in [0.15, 0.2) is 24.3 Å². The third-order valence-electron chi connectivity index (χ3n) is 5.10. The number of carbonyl (C=O) groups excluding carboxylic acids is 1. The van der Waals surface area contributed by atoms with Crippen LogP contribution >= 0.6 is 0 Å². The Bertz CT molecular complexity index is 494. The average Bonchev–Trinajstić information content (AvgIpc) is 3.18. The summed E-state index contributed by atoms with van der Waals surface area (Å²) in [5, 5.41) is 0. The minimum absolute atomic E-state index is 0.221. The van der Waals surface area contributed by atoms with Gasteiger partial charge >= 0.3 is 0 Å². The zero-order chi connectivity index (χ0) is 14.7. The maximum absolute atomic E-state index is 12.5. The first kappa shape index (κ1) is 14.6. The van der Waals surface area contributed by atoms with Crippen molar-refractivity contribution < 1.29 is 9.53 Å². The van der Waals surface area contributed by atoms with Gasteiger partial charge in [0.25, 0.3) is 0 Å². The highest BCUT2D eigenvalue weighted by Gasteiger charge is 2.34. The molecule has 0 N–H and O–H groups in total. The zero-order valence-electron chi connectivity index (χ0n) is 12.9. The van der Waals surface area contributed by atoms with Gasteiger partial charge in [0.2, 0.25) is 0 Å². The van der Waals surface area contributed by atoms with Crippen molar-refractivity contribution in [1.29, 1.82) is 0 Å². The summed E-state index contributed by atoms with van der Waals surface area (Å²) in [6.07, 6.45) is 7.98. The van der Waals surface area contributed by atoms with Crippen LogP contribution in [0.5, 0.6) is 5.75 Å². The van der Waals surface area contributed by atoms with Crippen LogP contribution in [0.2, 0.25) is 0 Å². The number of benzene rings is 1. The first-order chi connectivity index (χ1) is 10.3. The average molecular weight is 287 g/mol. The summed E-state index contributed by atoms with van der Waals surface area (Å²) >= 11 is 0. The van der Waals surface area contributed by atoms with E-state index >= 15 is 0 Å². The minimum atomic E-state index is 0.221. The molecule has 21 heavy (non-hydrogen) atoms. The number of ether oxygens (including phenoxy) is 1. The number of hydrogen-bond donors (Lipinski definition) is 0. The lowest BCUT2D eigenvalue weighted by molar-refractivity contribution is 0.0895. The first-order valence-electron chi connectivity index (χ1n) is 8.19. The van der Waals surface area contributed by atoms with E-state index in [1.807, 2.05) is 24.3 Å². The Balaban J connectivity index is 1.65. The van der Waals surface area contributed by atoms with Crippen molar-refractivity contribution in [2.24, 2.45) is 5.92 Å². The first-order valence-corrected chi connectivity index (χ1v) is 8.19. The highest BCUT2D eigenvalue weighted by atomic mass is 16.5. The van der Waals surface area contributed by atoms with Crippen LogP contribution in [-0.4, -0.2) is 36.9 Å². The van der Waals surface area contributed by atoms with E-state index in [9.17, 15) is 4.79 Å². The molecule has 1 heterocycles. The molecule has 0 bridgehead atoms. The van der Waals surface area contributed by atoms with E-state index < -0.39 is 0 Å². The third kappa shape index (κ3) is 3.29. The van der Waals surface area contributed by atoms with E-state index in [2.05, 4.69) is 4.90 Å². The molecule has 2 aliphatic rings. The Morgan fingerprint density at radius 3 is 2.81 bits per heavy atom. The van der Waals surface area contributed by atoms with Gasteiger partial charge < -0.3 is 4.74 Å². The molecule has 1 aliphatic carbocycles. The summed E-state index contributed by atoms with van der Waals surface area (Å²) in [6, 6.07) is 8.16. The maximum atomic E-state index is 12.5. The fraction of sp³-hybridized carbons (Fsp3) is 0.611. The van der Waals surface area contributed by atoms with Crippen molar-refractivity contribution in [2.45, 2.75) is 44.6 Å². The third-order valence-corrected chi connectivity index (χ3v) is 5.10. The summed E-state index contributed by atoms with van der Waals surface area (Å²) in [4.78, 5) is 15.0. The number of hydrogen-bond acceptors (Lipinski definition) is 3. The molecule has 0 amide bonds. The lowest BCUT2D eigenvalue weighted by Gasteiger charge is -2.28. The van der Waals surface area contributed by atoms with E-state index in [0.29, 0.717) is 12.6 Å². The Morgan fingerprint density at radius 1 is 1.24 bits per heavy atom. The predicted octanol–water partition coefficient (Wildman–Crippen LogP) is 3.53. The van der Waals surface area contributed by atoms with Crippen LogP contribution in [-0.2, 0) is 0 Å². The Labute approximate surface area is 127 Å². The smallest absolute Gasteiger partial charge is 0.176 e. The Morgan fingerprint density at radius 2 is 2.05 bits per heavy atom. The standard InChI is InChI=1S/C18H25NO2/c1-21-16-9-4-8-15(12-16)18(20)13-19-11-5-10-17(19)14-6-2-3-7-14/h4,8-9,12,14,17H,2-3,5-7,10-11,13H2,1H3. The quantitative estimate of drug-likeness (QED) is 0.776. The molecule has 1 atom stereocenters. The normalized spacial score (nSPS) is 23.6. The van der Waals surface area contributed by atoms with Gasteiger partial charge in [-0.3, -0.25) is 9.69 Å². The van der Waals surface area contributed by atoms with Crippen molar-refractivity contribution in [2.75, 3.05) is 20.2 Å². The van der Waals surface area contributed by atoms with Gasteiger partial charge in [-0.25, -0.2) is 0 Å². The molecule has 1 aromatic carbocycles. The molecule has 0 spiro atoms. The molecule has 3 heteroatoms. The topological polar surface area (TPSA) is 29.5 Å². The van der Waals surface area contributed by atoms with E-state index in [4.69, 9.17) is 4.74 Å². The molecule has 2 fully saturated rings. The van der Waals surface area contributed by atoms with Crippen molar-refractivity contribution in [3.63, 3.8) is 0 Å². The number of likely N-dealkylation sites (tertiary alicyclic amines) is 1. The van der Waals surface area contributed by atoms with Crippen molar-refractivity contribution in [1.82, 2.24) is 4.90 Å². The number of nitrogens with zero attached hydrogens (tertiary/aromatic N) is 1. The van der Waals surface area contributed by atoms with Crippen LogP contribution in [0, 0.1) is 5.92 Å². The summed E-state index contributed by atoms with van der Waals surface area (Å²) in [5.74, 6) is 1.80. The highest BCUT2D eigenvalue weighted by Crippen LogP contribution is 2.35. The van der Waals surface area contributed by atoms with E-state index in [0.717, 1.165) is 23.8 Å². The SMILES string of the molecule is COc1cccc(C(=O)CN2CCCC2C2CCCC2)c1. The van der Waals surface area contributed by atoms with Crippen LogP contribution in [0.3, 0.4) is 0 Å². The summed E-state index contributed by atoms with van der Waals surface area (Å²) in [7, 11) is 1.64. The van der Waals surface area contributed by atoms with Gasteiger partial charge in [0.15, 0.2) is 5.78 Å². The number of carbonyl (C=O) groups is 1. The molecule has 1 aromatic rings. The molecule has 114 valence electrons. The van der Waals surface area contributed by atoms with Crippen molar-refractivity contribution in [3.05, 3.63) is 29.8 Å².